The van der Waals surface area contributed by atoms with E-state index in [1.165, 1.54) is 34.6 Å². The van der Waals surface area contributed by atoms with Crippen LogP contribution in [0.5, 0.6) is 0 Å². The van der Waals surface area contributed by atoms with E-state index in [1.807, 2.05) is 11.3 Å². The molecule has 0 fully saturated rings. The van der Waals surface area contributed by atoms with Crippen molar-refractivity contribution in [3.8, 4) is 0 Å². The minimum Gasteiger partial charge on any atom is -0.324 e. The second-order valence-electron chi connectivity index (χ2n) is 3.23. The molecule has 1 aromatic heterocycles. The number of hydrogen-bond donors (Lipinski definition) is 1. The normalized spacial score (nSPS) is 23.3. The molecular weight excluding hydrogens is 154 g/mol. The van der Waals surface area contributed by atoms with Crippen molar-refractivity contribution in [2.24, 2.45) is 5.73 Å². The summed E-state index contributed by atoms with van der Waals surface area (Å²) in [4.78, 5) is 2.94. The summed E-state index contributed by atoms with van der Waals surface area (Å²) in [6.07, 6.45) is 3.69. The number of hydrogen-bond acceptors (Lipinski definition) is 2. The molecule has 0 saturated carbocycles. The van der Waals surface area contributed by atoms with E-state index in [4.69, 9.17) is 5.73 Å². The van der Waals surface area contributed by atoms with Crippen LogP contribution in [0.1, 0.15) is 34.2 Å². The van der Waals surface area contributed by atoms with E-state index in [0.717, 1.165) is 0 Å². The van der Waals surface area contributed by atoms with E-state index in [2.05, 4.69) is 13.0 Å². The fraction of sp³-hybridized carbons (Fsp3) is 0.556. The lowest BCUT2D eigenvalue weighted by Gasteiger charge is -2.17. The summed E-state index contributed by atoms with van der Waals surface area (Å²) in [5.74, 6) is 0. The van der Waals surface area contributed by atoms with Gasteiger partial charge < -0.3 is 5.73 Å². The van der Waals surface area contributed by atoms with Gasteiger partial charge in [-0.3, -0.25) is 0 Å². The quantitative estimate of drug-likeness (QED) is 0.631. The largest absolute Gasteiger partial charge is 0.324 e. The van der Waals surface area contributed by atoms with E-state index in [1.54, 1.807) is 0 Å². The van der Waals surface area contributed by atoms with E-state index in [9.17, 15) is 0 Å². The van der Waals surface area contributed by atoms with Gasteiger partial charge >= 0.3 is 0 Å². The predicted molar refractivity (Wildman–Crippen MR) is 48.9 cm³/mol. The van der Waals surface area contributed by atoms with Crippen LogP contribution in [0.4, 0.5) is 0 Å². The third-order valence-corrected chi connectivity index (χ3v) is 3.41. The Morgan fingerprint density at radius 2 is 2.45 bits per heavy atom. The van der Waals surface area contributed by atoms with Crippen LogP contribution in [0.3, 0.4) is 0 Å². The SMILES string of the molecule is Cc1cc2c(s1)CCC[C@H]2N. The zero-order chi connectivity index (χ0) is 7.84. The highest BCUT2D eigenvalue weighted by Crippen LogP contribution is 2.33. The molecule has 1 aliphatic carbocycles. The molecule has 1 aliphatic rings. The van der Waals surface area contributed by atoms with Gasteiger partial charge in [-0.1, -0.05) is 0 Å². The van der Waals surface area contributed by atoms with Crippen molar-refractivity contribution in [1.82, 2.24) is 0 Å². The Balaban J connectivity index is 2.43. The Morgan fingerprint density at radius 3 is 3.18 bits per heavy atom. The van der Waals surface area contributed by atoms with E-state index >= 15 is 0 Å². The highest BCUT2D eigenvalue weighted by atomic mass is 32.1. The van der Waals surface area contributed by atoms with Crippen molar-refractivity contribution < 1.29 is 0 Å². The van der Waals surface area contributed by atoms with Crippen molar-refractivity contribution >= 4 is 11.3 Å². The first-order chi connectivity index (χ1) is 5.27. The molecular formula is C9H13NS. The van der Waals surface area contributed by atoms with Crippen LogP contribution in [-0.4, -0.2) is 0 Å². The van der Waals surface area contributed by atoms with Gasteiger partial charge in [0.1, 0.15) is 0 Å². The molecule has 0 bridgehead atoms. The molecule has 0 aromatic carbocycles. The number of fused-ring (bicyclic) bond motifs is 1. The average molecular weight is 167 g/mol. The Hall–Kier alpha value is -0.340. The molecule has 0 radical (unpaired) electrons. The third kappa shape index (κ3) is 1.21. The van der Waals surface area contributed by atoms with Crippen LogP contribution >= 0.6 is 11.3 Å². The number of nitrogens with two attached hydrogens (primary N) is 1. The lowest BCUT2D eigenvalue weighted by Crippen LogP contribution is -2.14. The third-order valence-electron chi connectivity index (χ3n) is 2.28. The van der Waals surface area contributed by atoms with Gasteiger partial charge in [-0.05, 0) is 37.8 Å². The highest BCUT2D eigenvalue weighted by Gasteiger charge is 2.18. The molecule has 0 amide bonds. The average Bonchev–Trinajstić information content (AvgIpc) is 2.31. The Bertz CT molecular complexity index is 265. The van der Waals surface area contributed by atoms with Gasteiger partial charge in [0, 0.05) is 15.8 Å². The molecule has 2 rings (SSSR count). The maximum Gasteiger partial charge on any atom is 0.0306 e. The second-order valence-corrected chi connectivity index (χ2v) is 4.58. The summed E-state index contributed by atoms with van der Waals surface area (Å²) in [6, 6.07) is 2.58. The number of thiophene rings is 1. The second kappa shape index (κ2) is 2.61. The zero-order valence-corrected chi connectivity index (χ0v) is 7.58. The summed E-state index contributed by atoms with van der Waals surface area (Å²) in [7, 11) is 0. The molecule has 0 spiro atoms. The minimum atomic E-state index is 0.323. The van der Waals surface area contributed by atoms with Crippen LogP contribution in [0.15, 0.2) is 6.07 Å². The topological polar surface area (TPSA) is 26.0 Å². The van der Waals surface area contributed by atoms with Gasteiger partial charge in [-0.15, -0.1) is 11.3 Å². The van der Waals surface area contributed by atoms with Gasteiger partial charge in [0.25, 0.3) is 0 Å². The zero-order valence-electron chi connectivity index (χ0n) is 6.76. The van der Waals surface area contributed by atoms with Gasteiger partial charge in [-0.2, -0.15) is 0 Å². The van der Waals surface area contributed by atoms with E-state index < -0.39 is 0 Å². The lowest BCUT2D eigenvalue weighted by atomic mass is 9.95. The Morgan fingerprint density at radius 1 is 1.64 bits per heavy atom. The van der Waals surface area contributed by atoms with Crippen LogP contribution < -0.4 is 5.73 Å². The van der Waals surface area contributed by atoms with Crippen LogP contribution in [0.2, 0.25) is 0 Å². The van der Waals surface area contributed by atoms with Gasteiger partial charge in [0.05, 0.1) is 0 Å². The molecule has 1 aromatic rings. The molecule has 11 heavy (non-hydrogen) atoms. The van der Waals surface area contributed by atoms with Crippen LogP contribution in [0, 0.1) is 6.92 Å². The fourth-order valence-electron chi connectivity index (χ4n) is 1.73. The first-order valence-corrected chi connectivity index (χ1v) is 4.94. The van der Waals surface area contributed by atoms with Gasteiger partial charge in [0.2, 0.25) is 0 Å². The fourth-order valence-corrected chi connectivity index (χ4v) is 2.88. The summed E-state index contributed by atoms with van der Waals surface area (Å²) in [5, 5.41) is 0. The molecule has 0 saturated heterocycles. The number of rotatable bonds is 0. The van der Waals surface area contributed by atoms with E-state index in [-0.39, 0.29) is 0 Å². The molecule has 1 nitrogen and oxygen atoms in total. The first-order valence-electron chi connectivity index (χ1n) is 4.12. The van der Waals surface area contributed by atoms with E-state index in [0.29, 0.717) is 6.04 Å². The minimum absolute atomic E-state index is 0.323. The number of aryl methyl sites for hydroxylation is 2. The summed E-state index contributed by atoms with van der Waals surface area (Å²) in [5.41, 5.74) is 7.38. The molecule has 0 aliphatic heterocycles. The molecule has 1 heterocycles. The van der Waals surface area contributed by atoms with Crippen molar-refractivity contribution in [2.75, 3.05) is 0 Å². The molecule has 0 unspecified atom stereocenters. The van der Waals surface area contributed by atoms with Gasteiger partial charge in [0.15, 0.2) is 0 Å². The first kappa shape index (κ1) is 7.32. The highest BCUT2D eigenvalue weighted by molar-refractivity contribution is 7.12. The van der Waals surface area contributed by atoms with Crippen molar-refractivity contribution in [1.29, 1.82) is 0 Å². The lowest BCUT2D eigenvalue weighted by molar-refractivity contribution is 0.578. The predicted octanol–water partition coefficient (Wildman–Crippen LogP) is 2.39. The summed E-state index contributed by atoms with van der Waals surface area (Å²) in [6.45, 7) is 2.16. The monoisotopic (exact) mass is 167 g/mol. The van der Waals surface area contributed by atoms with Crippen molar-refractivity contribution in [3.05, 3.63) is 21.4 Å². The molecule has 1 atom stereocenters. The summed E-state index contributed by atoms with van der Waals surface area (Å²) >= 11 is 1.91. The smallest absolute Gasteiger partial charge is 0.0306 e. The van der Waals surface area contributed by atoms with Crippen molar-refractivity contribution in [2.45, 2.75) is 32.2 Å². The standard InChI is InChI=1S/C9H13NS/c1-6-5-7-8(10)3-2-4-9(7)11-6/h5,8H,2-4,10H2,1H3/t8-/m1/s1. The maximum atomic E-state index is 5.97. The molecule has 60 valence electrons. The van der Waals surface area contributed by atoms with Crippen LogP contribution in [0.25, 0.3) is 0 Å². The molecule has 2 heteroatoms. The Kier molecular flexibility index (Phi) is 1.74. The van der Waals surface area contributed by atoms with Crippen LogP contribution in [-0.2, 0) is 6.42 Å². The summed E-state index contributed by atoms with van der Waals surface area (Å²) < 4.78 is 0. The Labute approximate surface area is 71.2 Å². The van der Waals surface area contributed by atoms with Crippen molar-refractivity contribution in [3.63, 3.8) is 0 Å². The maximum absolute atomic E-state index is 5.97. The molecule has 2 N–H and O–H groups in total. The van der Waals surface area contributed by atoms with Gasteiger partial charge in [-0.25, -0.2) is 0 Å².